The second-order valence-electron chi connectivity index (χ2n) is 4.13. The predicted molar refractivity (Wildman–Crippen MR) is 51.0 cm³/mol. The molecule has 1 fully saturated rings. The molecule has 0 aliphatic heterocycles. The van der Waals surface area contributed by atoms with Gasteiger partial charge in [-0.15, -0.1) is 0 Å². The third-order valence-corrected chi connectivity index (χ3v) is 3.14. The minimum Gasteiger partial charge on any atom is -0.380 e. The lowest BCUT2D eigenvalue weighted by atomic mass is 9.81. The maximum Gasteiger partial charge on any atom is 0.0622 e. The van der Waals surface area contributed by atoms with Crippen molar-refractivity contribution in [3.05, 3.63) is 0 Å². The lowest BCUT2D eigenvalue weighted by molar-refractivity contribution is 0.0892. The summed E-state index contributed by atoms with van der Waals surface area (Å²) in [5, 5.41) is 0. The third-order valence-electron chi connectivity index (χ3n) is 3.14. The van der Waals surface area contributed by atoms with Gasteiger partial charge in [0.25, 0.3) is 0 Å². The van der Waals surface area contributed by atoms with Gasteiger partial charge in [0, 0.05) is 12.6 Å². The van der Waals surface area contributed by atoms with Crippen LogP contribution in [0.3, 0.4) is 0 Å². The van der Waals surface area contributed by atoms with Crippen molar-refractivity contribution >= 4 is 0 Å². The molecule has 1 atom stereocenters. The van der Waals surface area contributed by atoms with E-state index in [1.807, 2.05) is 6.92 Å². The Bertz CT molecular complexity index is 130. The minimum absolute atomic E-state index is 0.236. The van der Waals surface area contributed by atoms with Gasteiger partial charge in [0.2, 0.25) is 0 Å². The normalized spacial score (nSPS) is 24.2. The molecule has 12 heavy (non-hydrogen) atoms. The summed E-state index contributed by atoms with van der Waals surface area (Å²) in [4.78, 5) is 0. The molecule has 0 bridgehead atoms. The van der Waals surface area contributed by atoms with E-state index >= 15 is 0 Å². The van der Waals surface area contributed by atoms with Crippen LogP contribution in [0.25, 0.3) is 0 Å². The average Bonchev–Trinajstić information content (AvgIpc) is 2.49. The molecule has 1 unspecified atom stereocenters. The van der Waals surface area contributed by atoms with Crippen molar-refractivity contribution in [2.75, 3.05) is 13.2 Å². The molecule has 1 saturated carbocycles. The summed E-state index contributed by atoms with van der Waals surface area (Å²) in [6.07, 6.45) is 5.25. The molecule has 72 valence electrons. The van der Waals surface area contributed by atoms with Crippen LogP contribution in [0.15, 0.2) is 0 Å². The molecule has 2 heteroatoms. The molecule has 0 aromatic carbocycles. The van der Waals surface area contributed by atoms with Crippen molar-refractivity contribution in [1.82, 2.24) is 0 Å². The highest BCUT2D eigenvalue weighted by Crippen LogP contribution is 2.39. The Morgan fingerprint density at radius 3 is 2.50 bits per heavy atom. The fourth-order valence-corrected chi connectivity index (χ4v) is 2.00. The fourth-order valence-electron chi connectivity index (χ4n) is 2.00. The van der Waals surface area contributed by atoms with E-state index in [4.69, 9.17) is 10.5 Å². The zero-order valence-corrected chi connectivity index (χ0v) is 8.31. The molecule has 0 spiro atoms. The number of ether oxygens (including phenoxy) is 1. The highest BCUT2D eigenvalue weighted by Gasteiger charge is 2.34. The average molecular weight is 171 g/mol. The highest BCUT2D eigenvalue weighted by atomic mass is 16.5. The molecule has 1 aliphatic carbocycles. The molecule has 2 nitrogen and oxygen atoms in total. The molecule has 0 saturated heterocycles. The lowest BCUT2D eigenvalue weighted by Crippen LogP contribution is -2.41. The van der Waals surface area contributed by atoms with Crippen LogP contribution < -0.4 is 5.73 Å². The molecule has 0 aromatic rings. The van der Waals surface area contributed by atoms with Gasteiger partial charge in [-0.05, 0) is 25.2 Å². The Hall–Kier alpha value is -0.0800. The summed E-state index contributed by atoms with van der Waals surface area (Å²) in [6, 6.07) is 0.236. The quantitative estimate of drug-likeness (QED) is 0.701. The van der Waals surface area contributed by atoms with Crippen LogP contribution >= 0.6 is 0 Å². The van der Waals surface area contributed by atoms with Crippen LogP contribution in [-0.2, 0) is 4.74 Å². The van der Waals surface area contributed by atoms with Gasteiger partial charge in [-0.2, -0.15) is 0 Å². The Balaban J connectivity index is 2.33. The molecule has 0 aromatic heterocycles. The Morgan fingerprint density at radius 2 is 2.00 bits per heavy atom. The van der Waals surface area contributed by atoms with Crippen LogP contribution in [0.2, 0.25) is 0 Å². The molecule has 1 rings (SSSR count). The van der Waals surface area contributed by atoms with Crippen molar-refractivity contribution in [3.63, 3.8) is 0 Å². The van der Waals surface area contributed by atoms with Crippen molar-refractivity contribution < 1.29 is 4.74 Å². The number of nitrogens with two attached hydrogens (primary N) is 1. The summed E-state index contributed by atoms with van der Waals surface area (Å²) in [5.74, 6) is 0. The maximum atomic E-state index is 6.07. The zero-order chi connectivity index (χ0) is 9.03. The van der Waals surface area contributed by atoms with Gasteiger partial charge < -0.3 is 10.5 Å². The summed E-state index contributed by atoms with van der Waals surface area (Å²) in [6.45, 7) is 5.82. The number of hydrogen-bond acceptors (Lipinski definition) is 2. The van der Waals surface area contributed by atoms with Crippen molar-refractivity contribution in [2.45, 2.75) is 45.6 Å². The molecule has 0 amide bonds. The van der Waals surface area contributed by atoms with E-state index in [0.717, 1.165) is 13.2 Å². The van der Waals surface area contributed by atoms with E-state index in [9.17, 15) is 0 Å². The van der Waals surface area contributed by atoms with E-state index < -0.39 is 0 Å². The van der Waals surface area contributed by atoms with Gasteiger partial charge in [0.15, 0.2) is 0 Å². The van der Waals surface area contributed by atoms with Gasteiger partial charge in [-0.3, -0.25) is 0 Å². The van der Waals surface area contributed by atoms with Gasteiger partial charge in [0.1, 0.15) is 0 Å². The SMILES string of the molecule is CCOCC(N)C1(C)CCCC1. The van der Waals surface area contributed by atoms with E-state index in [2.05, 4.69) is 6.92 Å². The first-order chi connectivity index (χ1) is 5.69. The van der Waals surface area contributed by atoms with Crippen molar-refractivity contribution in [2.24, 2.45) is 11.1 Å². The Morgan fingerprint density at radius 1 is 1.42 bits per heavy atom. The highest BCUT2D eigenvalue weighted by molar-refractivity contribution is 4.89. The van der Waals surface area contributed by atoms with E-state index in [-0.39, 0.29) is 6.04 Å². The number of rotatable bonds is 4. The summed E-state index contributed by atoms with van der Waals surface area (Å²) >= 11 is 0. The smallest absolute Gasteiger partial charge is 0.0622 e. The van der Waals surface area contributed by atoms with Crippen LogP contribution in [0, 0.1) is 5.41 Å². The second kappa shape index (κ2) is 4.24. The summed E-state index contributed by atoms with van der Waals surface area (Å²) < 4.78 is 5.35. The minimum atomic E-state index is 0.236. The molecule has 2 N–H and O–H groups in total. The largest absolute Gasteiger partial charge is 0.380 e. The molecule has 0 radical (unpaired) electrons. The van der Waals surface area contributed by atoms with Crippen molar-refractivity contribution in [3.8, 4) is 0 Å². The second-order valence-corrected chi connectivity index (χ2v) is 4.13. The van der Waals surface area contributed by atoms with Crippen molar-refractivity contribution in [1.29, 1.82) is 0 Å². The molecular formula is C10H21NO. The van der Waals surface area contributed by atoms with Gasteiger partial charge in [-0.1, -0.05) is 19.8 Å². The van der Waals surface area contributed by atoms with Crippen LogP contribution in [0.4, 0.5) is 0 Å². The molecule has 1 aliphatic rings. The zero-order valence-electron chi connectivity index (χ0n) is 8.31. The van der Waals surface area contributed by atoms with E-state index in [1.165, 1.54) is 25.7 Å². The predicted octanol–water partition coefficient (Wildman–Crippen LogP) is 1.93. The maximum absolute atomic E-state index is 6.07. The molecular weight excluding hydrogens is 150 g/mol. The Kier molecular flexibility index (Phi) is 3.53. The first kappa shape index (κ1) is 10.0. The van der Waals surface area contributed by atoms with E-state index in [0.29, 0.717) is 5.41 Å². The first-order valence-electron chi connectivity index (χ1n) is 5.02. The Labute approximate surface area is 75.5 Å². The topological polar surface area (TPSA) is 35.2 Å². The van der Waals surface area contributed by atoms with Gasteiger partial charge >= 0.3 is 0 Å². The lowest BCUT2D eigenvalue weighted by Gasteiger charge is -2.30. The summed E-state index contributed by atoms with van der Waals surface area (Å²) in [7, 11) is 0. The summed E-state index contributed by atoms with van der Waals surface area (Å²) in [5.41, 5.74) is 6.43. The fraction of sp³-hybridized carbons (Fsp3) is 1.00. The van der Waals surface area contributed by atoms with E-state index in [1.54, 1.807) is 0 Å². The standard InChI is InChI=1S/C10H21NO/c1-3-12-8-9(11)10(2)6-4-5-7-10/h9H,3-8,11H2,1-2H3. The van der Waals surface area contributed by atoms with Gasteiger partial charge in [0.05, 0.1) is 6.61 Å². The van der Waals surface area contributed by atoms with Gasteiger partial charge in [-0.25, -0.2) is 0 Å². The number of hydrogen-bond donors (Lipinski definition) is 1. The van der Waals surface area contributed by atoms with Crippen LogP contribution in [-0.4, -0.2) is 19.3 Å². The van der Waals surface area contributed by atoms with Crippen LogP contribution in [0.5, 0.6) is 0 Å². The monoisotopic (exact) mass is 171 g/mol. The third kappa shape index (κ3) is 2.20. The van der Waals surface area contributed by atoms with Crippen LogP contribution in [0.1, 0.15) is 39.5 Å². The molecule has 0 heterocycles. The first-order valence-corrected chi connectivity index (χ1v) is 5.02.